The zero-order valence-corrected chi connectivity index (χ0v) is 11.0. The summed E-state index contributed by atoms with van der Waals surface area (Å²) in [5.41, 5.74) is 0.888. The van der Waals surface area contributed by atoms with Gasteiger partial charge in [0.1, 0.15) is 0 Å². The third kappa shape index (κ3) is 3.78. The van der Waals surface area contributed by atoms with E-state index in [1.807, 2.05) is 6.07 Å². The van der Waals surface area contributed by atoms with Crippen LogP contribution in [0, 0.1) is 5.82 Å². The largest absolute Gasteiger partial charge is 0.478 e. The van der Waals surface area contributed by atoms with Crippen molar-refractivity contribution in [3.63, 3.8) is 0 Å². The Balaban J connectivity index is 1.88. The van der Waals surface area contributed by atoms with Gasteiger partial charge in [-0.25, -0.2) is 4.39 Å². The van der Waals surface area contributed by atoms with Gasteiger partial charge in [-0.1, -0.05) is 18.2 Å². The second kappa shape index (κ2) is 6.65. The quantitative estimate of drug-likeness (QED) is 0.910. The topological polar surface area (TPSA) is 51.2 Å². The van der Waals surface area contributed by atoms with Crippen molar-refractivity contribution >= 4 is 5.91 Å². The smallest absolute Gasteiger partial charge is 0.261 e. The van der Waals surface area contributed by atoms with E-state index < -0.39 is 11.9 Å². The number of nitrogens with one attached hydrogen (secondary N) is 1. The maximum absolute atomic E-state index is 13.4. The maximum Gasteiger partial charge on any atom is 0.261 e. The van der Waals surface area contributed by atoms with E-state index in [4.69, 9.17) is 4.74 Å². The summed E-state index contributed by atoms with van der Waals surface area (Å²) in [7, 11) is 0. The van der Waals surface area contributed by atoms with Crippen LogP contribution in [0.1, 0.15) is 12.5 Å². The normalized spacial score (nSPS) is 11.7. The van der Waals surface area contributed by atoms with Crippen molar-refractivity contribution < 1.29 is 13.9 Å². The van der Waals surface area contributed by atoms with Gasteiger partial charge >= 0.3 is 0 Å². The molecule has 0 aliphatic carbocycles. The van der Waals surface area contributed by atoms with Crippen molar-refractivity contribution in [1.29, 1.82) is 0 Å². The molecule has 0 spiro atoms. The molecule has 1 unspecified atom stereocenters. The maximum atomic E-state index is 13.4. The number of amides is 1. The lowest BCUT2D eigenvalue weighted by atomic mass is 10.2. The number of carbonyl (C=O) groups excluding carboxylic acids is 1. The zero-order chi connectivity index (χ0) is 14.4. The number of carbonyl (C=O) groups is 1. The van der Waals surface area contributed by atoms with Gasteiger partial charge in [-0.3, -0.25) is 9.78 Å². The second-order valence-electron chi connectivity index (χ2n) is 4.27. The molecule has 1 N–H and O–H groups in total. The van der Waals surface area contributed by atoms with Crippen LogP contribution < -0.4 is 10.1 Å². The Labute approximate surface area is 116 Å². The Bertz CT molecular complexity index is 575. The number of rotatable bonds is 5. The van der Waals surface area contributed by atoms with Gasteiger partial charge in [0.25, 0.3) is 5.91 Å². The van der Waals surface area contributed by atoms with Gasteiger partial charge < -0.3 is 10.1 Å². The molecule has 104 valence electrons. The first-order chi connectivity index (χ1) is 9.66. The standard InChI is InChI=1S/C15H15FN2O2/c1-11(20-14-7-3-2-6-13(14)16)15(19)18-10-12-5-4-8-17-9-12/h2-9,11H,10H2,1H3,(H,18,19). The average Bonchev–Trinajstić information content (AvgIpc) is 2.48. The molecule has 4 nitrogen and oxygen atoms in total. The molecule has 1 aromatic carbocycles. The lowest BCUT2D eigenvalue weighted by molar-refractivity contribution is -0.127. The molecule has 5 heteroatoms. The minimum Gasteiger partial charge on any atom is -0.478 e. The first-order valence-electron chi connectivity index (χ1n) is 6.24. The number of halogens is 1. The first kappa shape index (κ1) is 14.0. The van der Waals surface area contributed by atoms with E-state index in [2.05, 4.69) is 10.3 Å². The van der Waals surface area contributed by atoms with Crippen LogP contribution in [-0.2, 0) is 11.3 Å². The van der Waals surface area contributed by atoms with Crippen LogP contribution in [0.4, 0.5) is 4.39 Å². The summed E-state index contributed by atoms with van der Waals surface area (Å²) in [6.45, 7) is 1.93. The summed E-state index contributed by atoms with van der Waals surface area (Å²) in [6, 6.07) is 9.64. The fourth-order valence-corrected chi connectivity index (χ4v) is 1.62. The summed E-state index contributed by atoms with van der Waals surface area (Å²) in [5.74, 6) is -0.729. The van der Waals surface area contributed by atoms with E-state index in [-0.39, 0.29) is 11.7 Å². The molecule has 1 heterocycles. The van der Waals surface area contributed by atoms with E-state index in [0.717, 1.165) is 5.56 Å². The van der Waals surface area contributed by atoms with Gasteiger partial charge in [-0.15, -0.1) is 0 Å². The fraction of sp³-hybridized carbons (Fsp3) is 0.200. The van der Waals surface area contributed by atoms with Gasteiger partial charge in [-0.05, 0) is 30.7 Å². The SMILES string of the molecule is CC(Oc1ccccc1F)C(=O)NCc1cccnc1. The monoisotopic (exact) mass is 274 g/mol. The van der Waals surface area contributed by atoms with Crippen LogP contribution in [0.15, 0.2) is 48.8 Å². The predicted octanol–water partition coefficient (Wildman–Crippen LogP) is 2.30. The molecule has 2 rings (SSSR count). The predicted molar refractivity (Wildman–Crippen MR) is 72.6 cm³/mol. The van der Waals surface area contributed by atoms with Crippen LogP contribution in [0.3, 0.4) is 0 Å². The third-order valence-corrected chi connectivity index (χ3v) is 2.70. The average molecular weight is 274 g/mol. The zero-order valence-electron chi connectivity index (χ0n) is 11.0. The number of pyridine rings is 1. The summed E-state index contributed by atoms with van der Waals surface area (Å²) < 4.78 is 18.7. The Morgan fingerprint density at radius 3 is 2.85 bits per heavy atom. The molecule has 0 radical (unpaired) electrons. The molecule has 0 fully saturated rings. The number of para-hydroxylation sites is 1. The van der Waals surface area contributed by atoms with Crippen molar-refractivity contribution in [2.75, 3.05) is 0 Å². The molecule has 0 saturated carbocycles. The highest BCUT2D eigenvalue weighted by Crippen LogP contribution is 2.16. The Morgan fingerprint density at radius 1 is 1.35 bits per heavy atom. The number of hydrogen-bond donors (Lipinski definition) is 1. The van der Waals surface area contributed by atoms with Crippen LogP contribution in [0.5, 0.6) is 5.75 Å². The van der Waals surface area contributed by atoms with Crippen molar-refractivity contribution in [3.8, 4) is 5.75 Å². The molecule has 1 aromatic heterocycles. The van der Waals surface area contributed by atoms with E-state index in [0.29, 0.717) is 6.54 Å². The van der Waals surface area contributed by atoms with Crippen molar-refractivity contribution in [3.05, 3.63) is 60.2 Å². The number of aromatic nitrogens is 1. The highest BCUT2D eigenvalue weighted by molar-refractivity contribution is 5.80. The summed E-state index contributed by atoms with van der Waals surface area (Å²) in [6.07, 6.45) is 2.56. The molecule has 0 bridgehead atoms. The number of hydrogen-bond acceptors (Lipinski definition) is 3. The highest BCUT2D eigenvalue weighted by atomic mass is 19.1. The number of nitrogens with zero attached hydrogens (tertiary/aromatic N) is 1. The van der Waals surface area contributed by atoms with Gasteiger partial charge in [0.05, 0.1) is 0 Å². The molecule has 1 amide bonds. The molecule has 0 aliphatic heterocycles. The van der Waals surface area contributed by atoms with E-state index in [9.17, 15) is 9.18 Å². The molecule has 20 heavy (non-hydrogen) atoms. The Hall–Kier alpha value is -2.43. The minimum atomic E-state index is -0.774. The van der Waals surface area contributed by atoms with Gasteiger partial charge in [-0.2, -0.15) is 0 Å². The molecule has 2 aromatic rings. The van der Waals surface area contributed by atoms with Gasteiger partial charge in [0, 0.05) is 18.9 Å². The van der Waals surface area contributed by atoms with Crippen LogP contribution >= 0.6 is 0 Å². The fourth-order valence-electron chi connectivity index (χ4n) is 1.62. The molecular weight excluding hydrogens is 259 g/mol. The van der Waals surface area contributed by atoms with E-state index >= 15 is 0 Å². The lowest BCUT2D eigenvalue weighted by Crippen LogP contribution is -2.36. The van der Waals surface area contributed by atoms with Crippen LogP contribution in [0.25, 0.3) is 0 Å². The summed E-state index contributed by atoms with van der Waals surface area (Å²) in [5, 5.41) is 2.71. The summed E-state index contributed by atoms with van der Waals surface area (Å²) in [4.78, 5) is 15.8. The van der Waals surface area contributed by atoms with Crippen LogP contribution in [-0.4, -0.2) is 17.0 Å². The minimum absolute atomic E-state index is 0.0662. The third-order valence-electron chi connectivity index (χ3n) is 2.70. The summed E-state index contributed by atoms with van der Waals surface area (Å²) >= 11 is 0. The van der Waals surface area contributed by atoms with Crippen molar-refractivity contribution in [2.45, 2.75) is 19.6 Å². The lowest BCUT2D eigenvalue weighted by Gasteiger charge is -2.15. The number of ether oxygens (including phenoxy) is 1. The Morgan fingerprint density at radius 2 is 2.15 bits per heavy atom. The van der Waals surface area contributed by atoms with Gasteiger partial charge in [0.15, 0.2) is 17.7 Å². The molecule has 1 atom stereocenters. The molecule has 0 saturated heterocycles. The van der Waals surface area contributed by atoms with Crippen LogP contribution in [0.2, 0.25) is 0 Å². The van der Waals surface area contributed by atoms with Crippen molar-refractivity contribution in [2.24, 2.45) is 0 Å². The molecular formula is C15H15FN2O2. The highest BCUT2D eigenvalue weighted by Gasteiger charge is 2.15. The van der Waals surface area contributed by atoms with Gasteiger partial charge in [0.2, 0.25) is 0 Å². The van der Waals surface area contributed by atoms with E-state index in [1.165, 1.54) is 12.1 Å². The van der Waals surface area contributed by atoms with Crippen molar-refractivity contribution in [1.82, 2.24) is 10.3 Å². The molecule has 0 aliphatic rings. The Kier molecular flexibility index (Phi) is 4.65. The van der Waals surface area contributed by atoms with E-state index in [1.54, 1.807) is 37.5 Å². The first-order valence-corrected chi connectivity index (χ1v) is 6.24. The number of benzene rings is 1. The second-order valence-corrected chi connectivity index (χ2v) is 4.27.